The Labute approximate surface area is 196 Å². The highest BCUT2D eigenvalue weighted by molar-refractivity contribution is 7.95. The zero-order valence-corrected chi connectivity index (χ0v) is 19.7. The van der Waals surface area contributed by atoms with E-state index in [1.165, 1.54) is 21.5 Å². The van der Waals surface area contributed by atoms with E-state index in [1.807, 2.05) is 0 Å². The first kappa shape index (κ1) is 24.4. The molecule has 0 spiro atoms. The lowest BCUT2D eigenvalue weighted by molar-refractivity contribution is -0.183. The van der Waals surface area contributed by atoms with E-state index in [4.69, 9.17) is 0 Å². The van der Waals surface area contributed by atoms with Gasteiger partial charge in [0.1, 0.15) is 23.2 Å². The van der Waals surface area contributed by atoms with Crippen LogP contribution < -0.4 is 15.9 Å². The summed E-state index contributed by atoms with van der Waals surface area (Å²) in [4.78, 5) is 12.7. The number of carbonyl (C=O) groups excluding carboxylic acids is 1. The molecule has 4 rings (SSSR count). The molecule has 4 heteroatoms. The Morgan fingerprint density at radius 2 is 1.03 bits per heavy atom. The highest BCUT2D eigenvalue weighted by Gasteiger charge is 2.45. The molecule has 0 heterocycles. The predicted molar refractivity (Wildman–Crippen MR) is 137 cm³/mol. The van der Waals surface area contributed by atoms with Crippen LogP contribution >= 0.6 is 7.26 Å². The van der Waals surface area contributed by atoms with Crippen molar-refractivity contribution in [3.63, 3.8) is 0 Å². The quantitative estimate of drug-likeness (QED) is 0.299. The van der Waals surface area contributed by atoms with E-state index in [2.05, 4.69) is 126 Å². The summed E-state index contributed by atoms with van der Waals surface area (Å²) in [6.45, 7) is 1.77. The van der Waals surface area contributed by atoms with Gasteiger partial charge in [-0.25, -0.2) is 4.79 Å². The van der Waals surface area contributed by atoms with Crippen molar-refractivity contribution in [2.24, 2.45) is 0 Å². The summed E-state index contributed by atoms with van der Waals surface area (Å²) in [5.74, 6) is -0.789. The normalized spacial score (nSPS) is 10.6. The Hall–Kier alpha value is -3.29. The fourth-order valence-corrected chi connectivity index (χ4v) is 8.11. The summed E-state index contributed by atoms with van der Waals surface area (Å²) in [7, 11) is -1.78. The van der Waals surface area contributed by atoms with Crippen LogP contribution in [0, 0.1) is 0 Å². The van der Waals surface area contributed by atoms with Crippen molar-refractivity contribution in [1.29, 1.82) is 0 Å². The molecule has 0 fully saturated rings. The van der Waals surface area contributed by atoms with E-state index in [0.29, 0.717) is 6.42 Å². The molecule has 0 aliphatic heterocycles. The zero-order valence-electron chi connectivity index (χ0n) is 18.8. The van der Waals surface area contributed by atoms with Gasteiger partial charge >= 0.3 is 5.97 Å². The smallest absolute Gasteiger partial charge is 0.255 e. The Morgan fingerprint density at radius 3 is 1.33 bits per heavy atom. The van der Waals surface area contributed by atoms with Crippen molar-refractivity contribution in [3.8, 4) is 0 Å². The topological polar surface area (TPSA) is 26.3 Å². The number of halogens is 1. The van der Waals surface area contributed by atoms with Crippen molar-refractivity contribution in [3.05, 3.63) is 127 Å². The maximum Gasteiger partial charge on any atom is 0.348 e. The van der Waals surface area contributed by atoms with E-state index in [9.17, 15) is 9.32 Å². The van der Waals surface area contributed by atoms with Gasteiger partial charge in [-0.05, 0) is 48.4 Å². The fraction of sp³-hybridized carbons (Fsp3) is 0.138. The van der Waals surface area contributed by atoms with Gasteiger partial charge < -0.3 is 0 Å². The van der Waals surface area contributed by atoms with Crippen LogP contribution in [0.4, 0.5) is 4.53 Å². The molecule has 0 amide bonds. The molecule has 0 saturated carbocycles. The van der Waals surface area contributed by atoms with Crippen LogP contribution in [0.1, 0.15) is 25.3 Å². The van der Waals surface area contributed by atoms with Crippen molar-refractivity contribution in [1.82, 2.24) is 0 Å². The van der Waals surface area contributed by atoms with E-state index in [1.54, 1.807) is 6.92 Å². The molecule has 0 atom stereocenters. The van der Waals surface area contributed by atoms with E-state index < -0.39 is 13.2 Å². The third-order valence-corrected chi connectivity index (χ3v) is 9.77. The summed E-state index contributed by atoms with van der Waals surface area (Å²) in [6.07, 6.45) is 1.82. The van der Waals surface area contributed by atoms with Gasteiger partial charge in [-0.3, -0.25) is 4.94 Å². The van der Waals surface area contributed by atoms with Gasteiger partial charge in [0, 0.05) is 10.9 Å². The highest BCUT2D eigenvalue weighted by atomic mass is 31.2. The number of hydrogen-bond acceptors (Lipinski definition) is 2. The monoisotopic (exact) mass is 459 g/mol. The van der Waals surface area contributed by atoms with E-state index in [0.717, 1.165) is 6.16 Å². The average molecular weight is 460 g/mol. The molecule has 0 radical (unpaired) electrons. The molecule has 4 aromatic carbocycles. The first-order chi connectivity index (χ1) is 16.2. The molecule has 4 aromatic rings. The molecule has 0 aliphatic rings. The molecule has 168 valence electrons. The second-order valence-electron chi connectivity index (χ2n) is 7.66. The largest absolute Gasteiger partial charge is 0.348 e. The van der Waals surface area contributed by atoms with Crippen LogP contribution in [0.3, 0.4) is 0 Å². The predicted octanol–water partition coefficient (Wildman–Crippen LogP) is 6.39. The summed E-state index contributed by atoms with van der Waals surface area (Å²) in [5.41, 5.74) is 1.39. The van der Waals surface area contributed by atoms with Crippen molar-refractivity contribution in [2.45, 2.75) is 25.9 Å². The molecular weight excluding hydrogens is 430 g/mol. The molecule has 0 bridgehead atoms. The first-order valence-corrected chi connectivity index (χ1v) is 13.1. The van der Waals surface area contributed by atoms with Gasteiger partial charge in [-0.2, -0.15) is 0 Å². The number of carbonyl (C=O) groups is 1. The Morgan fingerprint density at radius 1 is 0.667 bits per heavy atom. The number of rotatable bonds is 7. The first-order valence-electron chi connectivity index (χ1n) is 11.1. The van der Waals surface area contributed by atoms with Crippen molar-refractivity contribution >= 4 is 29.1 Å². The summed E-state index contributed by atoms with van der Waals surface area (Å²) in [6, 6.07) is 44.0. The Balaban J connectivity index is 0.000000383. The van der Waals surface area contributed by atoms with Gasteiger partial charge in [0.2, 0.25) is 0 Å². The van der Waals surface area contributed by atoms with Crippen LogP contribution in [0.2, 0.25) is 0 Å². The second kappa shape index (κ2) is 12.7. The van der Waals surface area contributed by atoms with E-state index in [-0.39, 0.29) is 6.42 Å². The minimum absolute atomic E-state index is 0.163. The summed E-state index contributed by atoms with van der Waals surface area (Å²) >= 11 is 0. The Bertz CT molecular complexity index is 991. The van der Waals surface area contributed by atoms with Gasteiger partial charge in [0.15, 0.2) is 0 Å². The van der Waals surface area contributed by atoms with E-state index >= 15 is 0 Å². The minimum Gasteiger partial charge on any atom is -0.255 e. The van der Waals surface area contributed by atoms with Gasteiger partial charge in [-0.15, -0.1) is 0 Å². The molecule has 0 aliphatic carbocycles. The fourth-order valence-electron chi connectivity index (χ4n) is 3.87. The molecule has 0 aromatic heterocycles. The lowest BCUT2D eigenvalue weighted by Crippen LogP contribution is -2.32. The third kappa shape index (κ3) is 6.37. The molecule has 33 heavy (non-hydrogen) atoms. The van der Waals surface area contributed by atoms with Gasteiger partial charge in [0.05, 0.1) is 6.16 Å². The molecule has 0 saturated heterocycles. The summed E-state index contributed by atoms with van der Waals surface area (Å²) in [5, 5.41) is 4.30. The average Bonchev–Trinajstić information content (AvgIpc) is 2.90. The van der Waals surface area contributed by atoms with Gasteiger partial charge in [0.25, 0.3) is 0 Å². The van der Waals surface area contributed by atoms with Crippen molar-refractivity contribution in [2.75, 3.05) is 0 Å². The van der Waals surface area contributed by atoms with Crippen LogP contribution in [-0.4, -0.2) is 5.97 Å². The SMILES string of the molecule is CCCC(=O)OF.c1ccc(C[P+](c2ccccc2)(c2ccccc2)c2ccccc2)cc1. The highest BCUT2D eigenvalue weighted by Crippen LogP contribution is 2.58. The Kier molecular flexibility index (Phi) is 9.35. The summed E-state index contributed by atoms with van der Waals surface area (Å²) < 4.78 is 10.7. The van der Waals surface area contributed by atoms with Gasteiger partial charge in [-0.1, -0.05) is 91.9 Å². The lowest BCUT2D eigenvalue weighted by Gasteiger charge is -2.27. The standard InChI is InChI=1S/C25H22P.C4H7FO2/c1-5-13-22(14-6-1)21-26(23-15-7-2-8-16-23,24-17-9-3-10-18-24)25-19-11-4-12-20-25;1-2-3-4(6)7-5/h1-20H,21H2;2-3H2,1H3/q+1;. The van der Waals surface area contributed by atoms with Crippen molar-refractivity contribution < 1.29 is 14.3 Å². The van der Waals surface area contributed by atoms with Crippen LogP contribution in [0.15, 0.2) is 121 Å². The van der Waals surface area contributed by atoms with Crippen LogP contribution in [0.25, 0.3) is 0 Å². The van der Waals surface area contributed by atoms with Crippen LogP contribution in [0.5, 0.6) is 0 Å². The third-order valence-electron chi connectivity index (χ3n) is 5.39. The minimum atomic E-state index is -1.78. The van der Waals surface area contributed by atoms with Crippen LogP contribution in [-0.2, 0) is 15.9 Å². The zero-order chi connectivity index (χ0) is 23.4. The maximum atomic E-state index is 10.7. The second-order valence-corrected chi connectivity index (χ2v) is 11.1. The molecule has 0 N–H and O–H groups in total. The lowest BCUT2D eigenvalue weighted by atomic mass is 10.2. The number of hydrogen-bond donors (Lipinski definition) is 0. The maximum absolute atomic E-state index is 10.7. The number of benzene rings is 4. The molecular formula is C29H29FO2P+. The molecule has 0 unspecified atom stereocenters. The molecule has 2 nitrogen and oxygen atoms in total.